The second-order valence-electron chi connectivity index (χ2n) is 4.50. The van der Waals surface area contributed by atoms with Crippen LogP contribution in [0.5, 0.6) is 5.75 Å². The molecule has 0 radical (unpaired) electrons. The molecule has 1 aliphatic rings. The lowest BCUT2D eigenvalue weighted by molar-refractivity contribution is 0.289. The van der Waals surface area contributed by atoms with Gasteiger partial charge in [0.2, 0.25) is 0 Å². The summed E-state index contributed by atoms with van der Waals surface area (Å²) in [5.74, 6) is -2.24. The Bertz CT molecular complexity index is 400. The fourth-order valence-corrected chi connectivity index (χ4v) is 2.39. The van der Waals surface area contributed by atoms with Gasteiger partial charge < -0.3 is 10.8 Å². The number of phenolic OH excluding ortho intramolecular Hbond substituents is 1. The average Bonchev–Trinajstić information content (AvgIpc) is 2.24. The molecule has 0 aromatic heterocycles. The first kappa shape index (κ1) is 11.3. The minimum Gasteiger partial charge on any atom is -0.507 e. The highest BCUT2D eigenvalue weighted by atomic mass is 19.2. The second kappa shape index (κ2) is 4.01. The molecule has 16 heavy (non-hydrogen) atoms. The standard InChI is InChI=1S/C12H15F2NO/c13-9-6-8(11(16)7-10(9)14)12(15)4-2-1-3-5-12/h6-7,16H,1-5,15H2. The molecule has 4 heteroatoms. The van der Waals surface area contributed by atoms with Gasteiger partial charge in [0.15, 0.2) is 11.6 Å². The number of aromatic hydroxyl groups is 1. The maximum absolute atomic E-state index is 13.1. The van der Waals surface area contributed by atoms with Crippen molar-refractivity contribution in [2.24, 2.45) is 5.73 Å². The maximum atomic E-state index is 13.1. The largest absolute Gasteiger partial charge is 0.507 e. The summed E-state index contributed by atoms with van der Waals surface area (Å²) in [5, 5.41) is 9.65. The minimum absolute atomic E-state index is 0.247. The van der Waals surface area contributed by atoms with E-state index >= 15 is 0 Å². The predicted octanol–water partition coefficient (Wildman–Crippen LogP) is 2.79. The SMILES string of the molecule is NC1(c2cc(F)c(F)cc2O)CCCCC1. The number of benzene rings is 1. The number of rotatable bonds is 1. The van der Waals surface area contributed by atoms with Gasteiger partial charge in [0.1, 0.15) is 5.75 Å². The molecule has 0 aliphatic heterocycles. The fraction of sp³-hybridized carbons (Fsp3) is 0.500. The van der Waals surface area contributed by atoms with Crippen molar-refractivity contribution in [1.29, 1.82) is 0 Å². The van der Waals surface area contributed by atoms with Gasteiger partial charge >= 0.3 is 0 Å². The van der Waals surface area contributed by atoms with Crippen molar-refractivity contribution in [1.82, 2.24) is 0 Å². The fourth-order valence-electron chi connectivity index (χ4n) is 2.39. The number of nitrogens with two attached hydrogens (primary N) is 1. The third-order valence-electron chi connectivity index (χ3n) is 3.32. The van der Waals surface area contributed by atoms with Crippen LogP contribution in [0, 0.1) is 11.6 Å². The van der Waals surface area contributed by atoms with E-state index in [2.05, 4.69) is 0 Å². The van der Waals surface area contributed by atoms with Crippen LogP contribution in [0.4, 0.5) is 8.78 Å². The van der Waals surface area contributed by atoms with E-state index in [0.29, 0.717) is 18.4 Å². The van der Waals surface area contributed by atoms with Gasteiger partial charge in [-0.25, -0.2) is 8.78 Å². The zero-order chi connectivity index (χ0) is 11.8. The third-order valence-corrected chi connectivity index (χ3v) is 3.32. The number of halogens is 2. The Labute approximate surface area is 93.1 Å². The van der Waals surface area contributed by atoms with Gasteiger partial charge in [-0.1, -0.05) is 19.3 Å². The van der Waals surface area contributed by atoms with Crippen LogP contribution in [0.1, 0.15) is 37.7 Å². The Hall–Kier alpha value is -1.16. The van der Waals surface area contributed by atoms with Gasteiger partial charge in [-0.3, -0.25) is 0 Å². The minimum atomic E-state index is -1.04. The molecule has 88 valence electrons. The molecule has 1 aromatic carbocycles. The quantitative estimate of drug-likeness (QED) is 0.775. The molecular weight excluding hydrogens is 212 g/mol. The zero-order valence-corrected chi connectivity index (χ0v) is 8.97. The Morgan fingerprint density at radius 2 is 1.62 bits per heavy atom. The zero-order valence-electron chi connectivity index (χ0n) is 8.97. The smallest absolute Gasteiger partial charge is 0.162 e. The first-order valence-electron chi connectivity index (χ1n) is 5.50. The molecule has 0 spiro atoms. The molecule has 0 amide bonds. The van der Waals surface area contributed by atoms with E-state index in [9.17, 15) is 13.9 Å². The monoisotopic (exact) mass is 227 g/mol. The normalized spacial score (nSPS) is 19.7. The Balaban J connectivity index is 2.42. The summed E-state index contributed by atoms with van der Waals surface area (Å²) in [6, 6.07) is 1.82. The van der Waals surface area contributed by atoms with Gasteiger partial charge in [-0.05, 0) is 18.9 Å². The van der Waals surface area contributed by atoms with Crippen molar-refractivity contribution in [3.63, 3.8) is 0 Å². The number of hydrogen-bond acceptors (Lipinski definition) is 2. The molecule has 1 aromatic rings. The molecule has 1 fully saturated rings. The third kappa shape index (κ3) is 1.89. The molecule has 0 atom stereocenters. The van der Waals surface area contributed by atoms with Crippen LogP contribution in [0.3, 0.4) is 0 Å². The second-order valence-corrected chi connectivity index (χ2v) is 4.50. The first-order chi connectivity index (χ1) is 7.53. The van der Waals surface area contributed by atoms with E-state index in [1.807, 2.05) is 0 Å². The van der Waals surface area contributed by atoms with Crippen LogP contribution in [-0.2, 0) is 5.54 Å². The van der Waals surface area contributed by atoms with Crippen molar-refractivity contribution in [3.05, 3.63) is 29.3 Å². The molecule has 0 bridgehead atoms. The molecule has 2 rings (SSSR count). The van der Waals surface area contributed by atoms with Gasteiger partial charge in [-0.2, -0.15) is 0 Å². The van der Waals surface area contributed by atoms with Crippen molar-refractivity contribution >= 4 is 0 Å². The highest BCUT2D eigenvalue weighted by Gasteiger charge is 2.32. The van der Waals surface area contributed by atoms with E-state index in [1.165, 1.54) is 0 Å². The lowest BCUT2D eigenvalue weighted by Crippen LogP contribution is -2.38. The average molecular weight is 227 g/mol. The lowest BCUT2D eigenvalue weighted by atomic mass is 9.77. The summed E-state index contributed by atoms with van der Waals surface area (Å²) in [4.78, 5) is 0. The van der Waals surface area contributed by atoms with Crippen molar-refractivity contribution in [2.75, 3.05) is 0 Å². The Kier molecular flexibility index (Phi) is 2.84. The van der Waals surface area contributed by atoms with E-state index < -0.39 is 17.2 Å². The van der Waals surface area contributed by atoms with Crippen LogP contribution in [0.15, 0.2) is 12.1 Å². The van der Waals surface area contributed by atoms with Gasteiger partial charge in [0, 0.05) is 17.2 Å². The summed E-state index contributed by atoms with van der Waals surface area (Å²) in [5.41, 5.74) is 5.76. The highest BCUT2D eigenvalue weighted by Crippen LogP contribution is 2.39. The van der Waals surface area contributed by atoms with E-state index in [1.54, 1.807) is 0 Å². The lowest BCUT2D eigenvalue weighted by Gasteiger charge is -2.34. The molecule has 0 heterocycles. The van der Waals surface area contributed by atoms with E-state index in [0.717, 1.165) is 31.4 Å². The summed E-state index contributed by atoms with van der Waals surface area (Å²) < 4.78 is 26.0. The van der Waals surface area contributed by atoms with Crippen LogP contribution >= 0.6 is 0 Å². The Morgan fingerprint density at radius 1 is 1.06 bits per heavy atom. The van der Waals surface area contributed by atoms with Crippen LogP contribution < -0.4 is 5.73 Å². The predicted molar refractivity (Wildman–Crippen MR) is 57.0 cm³/mol. The Morgan fingerprint density at radius 3 is 2.25 bits per heavy atom. The number of phenols is 1. The molecule has 1 saturated carbocycles. The molecule has 3 N–H and O–H groups in total. The summed E-state index contributed by atoms with van der Waals surface area (Å²) in [7, 11) is 0. The summed E-state index contributed by atoms with van der Waals surface area (Å²) in [6.07, 6.45) is 4.41. The van der Waals surface area contributed by atoms with Gasteiger partial charge in [0.25, 0.3) is 0 Å². The topological polar surface area (TPSA) is 46.2 Å². The summed E-state index contributed by atoms with van der Waals surface area (Å²) >= 11 is 0. The van der Waals surface area contributed by atoms with E-state index in [-0.39, 0.29) is 5.75 Å². The molecule has 1 aliphatic carbocycles. The van der Waals surface area contributed by atoms with Gasteiger partial charge in [0.05, 0.1) is 0 Å². The van der Waals surface area contributed by atoms with Crippen molar-refractivity contribution < 1.29 is 13.9 Å². The maximum Gasteiger partial charge on any atom is 0.162 e. The van der Waals surface area contributed by atoms with Crippen LogP contribution in [0.25, 0.3) is 0 Å². The van der Waals surface area contributed by atoms with Crippen LogP contribution in [0.2, 0.25) is 0 Å². The number of hydrogen-bond donors (Lipinski definition) is 2. The van der Waals surface area contributed by atoms with E-state index in [4.69, 9.17) is 5.73 Å². The van der Waals surface area contributed by atoms with Crippen LogP contribution in [-0.4, -0.2) is 5.11 Å². The molecular formula is C12H15F2NO. The van der Waals surface area contributed by atoms with Crippen molar-refractivity contribution in [2.45, 2.75) is 37.6 Å². The van der Waals surface area contributed by atoms with Crippen molar-refractivity contribution in [3.8, 4) is 5.75 Å². The molecule has 0 unspecified atom stereocenters. The molecule has 0 saturated heterocycles. The first-order valence-corrected chi connectivity index (χ1v) is 5.50. The molecule has 2 nitrogen and oxygen atoms in total. The summed E-state index contributed by atoms with van der Waals surface area (Å²) in [6.45, 7) is 0. The van der Waals surface area contributed by atoms with Gasteiger partial charge in [-0.15, -0.1) is 0 Å². The highest BCUT2D eigenvalue weighted by molar-refractivity contribution is 5.39.